The molecule has 0 bridgehead atoms. The van der Waals surface area contributed by atoms with Crippen molar-refractivity contribution in [2.45, 2.75) is 30.2 Å². The molecule has 0 unspecified atom stereocenters. The zero-order chi connectivity index (χ0) is 22.9. The number of carbonyl (C=O) groups excluding carboxylic acids is 2. The van der Waals surface area contributed by atoms with Crippen molar-refractivity contribution in [3.05, 3.63) is 54.1 Å². The smallest absolute Gasteiger partial charge is 0.328 e. The highest BCUT2D eigenvalue weighted by Gasteiger charge is 2.24. The number of hydrogen-bond donors (Lipinski definition) is 4. The monoisotopic (exact) mass is 473 g/mol. The van der Waals surface area contributed by atoms with Gasteiger partial charge in [-0.25, -0.2) is 4.79 Å². The molecule has 0 aromatic heterocycles. The second-order valence-electron chi connectivity index (χ2n) is 7.83. The largest absolute Gasteiger partial charge is 0.467 e. The van der Waals surface area contributed by atoms with Crippen molar-refractivity contribution in [1.82, 2.24) is 10.6 Å². The van der Waals surface area contributed by atoms with Crippen LogP contribution in [0.2, 0.25) is 0 Å². The third kappa shape index (κ3) is 6.67. The van der Waals surface area contributed by atoms with Crippen molar-refractivity contribution in [3.63, 3.8) is 0 Å². The van der Waals surface area contributed by atoms with E-state index in [0.717, 1.165) is 42.1 Å². The first-order valence-corrected chi connectivity index (χ1v) is 12.6. The van der Waals surface area contributed by atoms with Crippen LogP contribution in [0.15, 0.2) is 48.5 Å². The number of methoxy groups -OCH3 is 1. The number of thiol groups is 1. The quantitative estimate of drug-likeness (QED) is 0.313. The van der Waals surface area contributed by atoms with Crippen LogP contribution in [0.25, 0.3) is 11.1 Å². The van der Waals surface area contributed by atoms with Crippen LogP contribution in [-0.2, 0) is 9.53 Å². The third-order valence-electron chi connectivity index (χ3n) is 5.50. The van der Waals surface area contributed by atoms with Gasteiger partial charge in [0.1, 0.15) is 6.04 Å². The molecule has 1 amide bonds. The van der Waals surface area contributed by atoms with Crippen molar-refractivity contribution in [3.8, 4) is 11.1 Å². The van der Waals surface area contributed by atoms with Gasteiger partial charge in [0.15, 0.2) is 0 Å². The topological polar surface area (TPSA) is 79.5 Å². The van der Waals surface area contributed by atoms with Gasteiger partial charge in [0, 0.05) is 35.6 Å². The minimum absolute atomic E-state index is 0.290. The first kappa shape index (κ1) is 24.5. The van der Waals surface area contributed by atoms with E-state index in [4.69, 9.17) is 4.74 Å². The molecule has 6 nitrogen and oxygen atoms in total. The molecule has 32 heavy (non-hydrogen) atoms. The van der Waals surface area contributed by atoms with Gasteiger partial charge in [-0.1, -0.05) is 30.3 Å². The molecule has 1 aliphatic rings. The Morgan fingerprint density at radius 3 is 2.69 bits per heavy atom. The number of ether oxygens (including phenoxy) is 1. The summed E-state index contributed by atoms with van der Waals surface area (Å²) in [5, 5.41) is 10.2. The molecule has 3 N–H and O–H groups in total. The number of amides is 1. The van der Waals surface area contributed by atoms with Crippen molar-refractivity contribution in [2.24, 2.45) is 0 Å². The van der Waals surface area contributed by atoms with Gasteiger partial charge in [-0.3, -0.25) is 4.79 Å². The summed E-state index contributed by atoms with van der Waals surface area (Å²) < 4.78 is 4.88. The van der Waals surface area contributed by atoms with Crippen molar-refractivity contribution in [2.75, 3.05) is 37.5 Å². The van der Waals surface area contributed by atoms with Crippen LogP contribution in [0.1, 0.15) is 23.2 Å². The van der Waals surface area contributed by atoms with E-state index in [1.54, 1.807) is 11.8 Å². The highest BCUT2D eigenvalue weighted by Crippen LogP contribution is 2.28. The maximum absolute atomic E-state index is 13.2. The van der Waals surface area contributed by atoms with Gasteiger partial charge in [0.05, 0.1) is 7.11 Å². The van der Waals surface area contributed by atoms with E-state index in [9.17, 15) is 9.59 Å². The van der Waals surface area contributed by atoms with Crippen molar-refractivity contribution in [1.29, 1.82) is 0 Å². The zero-order valence-corrected chi connectivity index (χ0v) is 20.2. The Labute approximate surface area is 199 Å². The molecule has 1 heterocycles. The highest BCUT2D eigenvalue weighted by molar-refractivity contribution is 7.98. The standard InChI is InChI=1S/C24H31N3O3S2/c1-30-24(29)22(10-11-32-2)27-23(28)20-9-8-17(25-14-18-12-19(31)15-26-18)13-21(20)16-6-4-3-5-7-16/h3-9,13,18-19,22,25-26,31H,10-12,14-15H2,1-2H3,(H,27,28)/t18-,19-,22-/m0/s1. The van der Waals surface area contributed by atoms with Crippen LogP contribution in [0.3, 0.4) is 0 Å². The molecule has 3 atom stereocenters. The van der Waals surface area contributed by atoms with E-state index in [1.165, 1.54) is 7.11 Å². The molecular formula is C24H31N3O3S2. The molecule has 8 heteroatoms. The number of esters is 1. The van der Waals surface area contributed by atoms with E-state index < -0.39 is 12.0 Å². The number of anilines is 1. The number of benzene rings is 2. The number of hydrogen-bond acceptors (Lipinski definition) is 7. The van der Waals surface area contributed by atoms with Gasteiger partial charge in [0.2, 0.25) is 0 Å². The molecule has 0 radical (unpaired) electrons. The lowest BCUT2D eigenvalue weighted by atomic mass is 9.98. The van der Waals surface area contributed by atoms with Crippen LogP contribution < -0.4 is 16.0 Å². The van der Waals surface area contributed by atoms with Crippen LogP contribution >= 0.6 is 24.4 Å². The minimum Gasteiger partial charge on any atom is -0.467 e. The van der Waals surface area contributed by atoms with Gasteiger partial charge >= 0.3 is 5.97 Å². The lowest BCUT2D eigenvalue weighted by molar-refractivity contribution is -0.142. The maximum Gasteiger partial charge on any atom is 0.328 e. The predicted molar refractivity (Wildman–Crippen MR) is 136 cm³/mol. The number of carbonyl (C=O) groups is 2. The molecule has 1 fully saturated rings. The second kappa shape index (κ2) is 12.2. The van der Waals surface area contributed by atoms with Gasteiger partial charge in [-0.2, -0.15) is 24.4 Å². The van der Waals surface area contributed by atoms with E-state index in [2.05, 4.69) is 28.6 Å². The summed E-state index contributed by atoms with van der Waals surface area (Å²) >= 11 is 6.15. The van der Waals surface area contributed by atoms with Crippen LogP contribution in [-0.4, -0.2) is 61.4 Å². The molecule has 0 aliphatic carbocycles. The Morgan fingerprint density at radius 2 is 2.03 bits per heavy atom. The number of rotatable bonds is 10. The Kier molecular flexibility index (Phi) is 9.32. The van der Waals surface area contributed by atoms with Crippen LogP contribution in [0.4, 0.5) is 5.69 Å². The van der Waals surface area contributed by atoms with Gasteiger partial charge in [-0.15, -0.1) is 0 Å². The zero-order valence-electron chi connectivity index (χ0n) is 18.5. The summed E-state index contributed by atoms with van der Waals surface area (Å²) in [7, 11) is 1.34. The lowest BCUT2D eigenvalue weighted by Gasteiger charge is -2.19. The average Bonchev–Trinajstić information content (AvgIpc) is 3.25. The number of nitrogens with one attached hydrogen (secondary N) is 3. The second-order valence-corrected chi connectivity index (χ2v) is 9.55. The van der Waals surface area contributed by atoms with Gasteiger partial charge in [0.25, 0.3) is 5.91 Å². The highest BCUT2D eigenvalue weighted by atomic mass is 32.2. The minimum atomic E-state index is -0.677. The Morgan fingerprint density at radius 1 is 1.25 bits per heavy atom. The molecule has 0 spiro atoms. The fraction of sp³-hybridized carbons (Fsp3) is 0.417. The maximum atomic E-state index is 13.2. The van der Waals surface area contributed by atoms with E-state index in [-0.39, 0.29) is 5.91 Å². The normalized spacial score (nSPS) is 18.7. The van der Waals surface area contributed by atoms with E-state index in [1.807, 2.05) is 54.8 Å². The number of thioether (sulfide) groups is 1. The fourth-order valence-corrected chi connectivity index (χ4v) is 4.60. The van der Waals surface area contributed by atoms with Gasteiger partial charge in [-0.05, 0) is 54.2 Å². The summed E-state index contributed by atoms with van der Waals surface area (Å²) in [4.78, 5) is 25.3. The molecule has 172 valence electrons. The van der Waals surface area contributed by atoms with Crippen LogP contribution in [0.5, 0.6) is 0 Å². The summed E-state index contributed by atoms with van der Waals surface area (Å²) in [6.45, 7) is 1.71. The first-order chi connectivity index (χ1) is 15.5. The fourth-order valence-electron chi connectivity index (χ4n) is 3.77. The van der Waals surface area contributed by atoms with Crippen LogP contribution in [0, 0.1) is 0 Å². The molecule has 2 aromatic rings. The van der Waals surface area contributed by atoms with Crippen molar-refractivity contribution >= 4 is 42.0 Å². The summed E-state index contributed by atoms with van der Waals surface area (Å²) in [5.74, 6) is 0.0253. The summed E-state index contributed by atoms with van der Waals surface area (Å²) in [6, 6.07) is 15.2. The van der Waals surface area contributed by atoms with Crippen molar-refractivity contribution < 1.29 is 14.3 Å². The molecule has 3 rings (SSSR count). The third-order valence-corrected chi connectivity index (χ3v) is 6.54. The van der Waals surface area contributed by atoms with Gasteiger partial charge < -0.3 is 20.7 Å². The SMILES string of the molecule is COC(=O)[C@H](CCSC)NC(=O)c1ccc(NC[C@@H]2C[C@H](S)CN2)cc1-c1ccccc1. The molecule has 1 saturated heterocycles. The Balaban J connectivity index is 1.82. The molecule has 0 saturated carbocycles. The summed E-state index contributed by atoms with van der Waals surface area (Å²) in [5.41, 5.74) is 3.22. The Bertz CT molecular complexity index is 911. The average molecular weight is 474 g/mol. The summed E-state index contributed by atoms with van der Waals surface area (Å²) in [6.07, 6.45) is 3.50. The van der Waals surface area contributed by atoms with E-state index in [0.29, 0.717) is 23.3 Å². The first-order valence-electron chi connectivity index (χ1n) is 10.7. The molecule has 2 aromatic carbocycles. The van der Waals surface area contributed by atoms with E-state index >= 15 is 0 Å². The molecule has 1 aliphatic heterocycles. The predicted octanol–water partition coefficient (Wildman–Crippen LogP) is 3.45. The Hall–Kier alpha value is -2.16. The lowest BCUT2D eigenvalue weighted by Crippen LogP contribution is -2.42. The molecular weight excluding hydrogens is 442 g/mol.